The maximum Gasteiger partial charge on any atom is 0.212 e. The molecule has 1 unspecified atom stereocenters. The van der Waals surface area contributed by atoms with Crippen molar-refractivity contribution < 1.29 is 4.74 Å². The van der Waals surface area contributed by atoms with Crippen LogP contribution in [0.1, 0.15) is 34.6 Å². The van der Waals surface area contributed by atoms with E-state index in [2.05, 4.69) is 63.8 Å². The molecule has 19 heavy (non-hydrogen) atoms. The highest BCUT2D eigenvalue weighted by Gasteiger charge is 2.71. The molecule has 1 aromatic carbocycles. The van der Waals surface area contributed by atoms with Gasteiger partial charge in [0.25, 0.3) is 0 Å². The van der Waals surface area contributed by atoms with Crippen molar-refractivity contribution in [2.75, 3.05) is 11.5 Å². The average Bonchev–Trinajstić information content (AvgIpc) is 2.64. The zero-order chi connectivity index (χ0) is 13.9. The standard InChI is InChI=1S/C16H22N2O/c1-14(2)11-19-13(17-14)16(5)15(3,4)18(16)12-9-7-6-8-10-12/h6-10H,11H2,1-5H3. The quantitative estimate of drug-likeness (QED) is 0.761. The summed E-state index contributed by atoms with van der Waals surface area (Å²) in [7, 11) is 0. The molecule has 1 atom stereocenters. The number of anilines is 1. The Hall–Kier alpha value is -1.51. The van der Waals surface area contributed by atoms with Gasteiger partial charge in [-0.1, -0.05) is 18.2 Å². The summed E-state index contributed by atoms with van der Waals surface area (Å²) < 4.78 is 5.89. The van der Waals surface area contributed by atoms with E-state index in [9.17, 15) is 0 Å². The van der Waals surface area contributed by atoms with Crippen molar-refractivity contribution in [3.05, 3.63) is 30.3 Å². The van der Waals surface area contributed by atoms with Gasteiger partial charge in [-0.25, -0.2) is 4.99 Å². The number of rotatable bonds is 2. The summed E-state index contributed by atoms with van der Waals surface area (Å²) in [6.07, 6.45) is 0. The number of hydrogen-bond donors (Lipinski definition) is 0. The topological polar surface area (TPSA) is 24.6 Å². The zero-order valence-electron chi connectivity index (χ0n) is 12.4. The van der Waals surface area contributed by atoms with Crippen LogP contribution in [0.5, 0.6) is 0 Å². The number of hydrogen-bond acceptors (Lipinski definition) is 3. The predicted octanol–water partition coefficient (Wildman–Crippen LogP) is 3.25. The highest BCUT2D eigenvalue weighted by molar-refractivity contribution is 6.00. The Bertz CT molecular complexity index is 533. The van der Waals surface area contributed by atoms with Gasteiger partial charge in [0, 0.05) is 5.69 Å². The molecule has 0 N–H and O–H groups in total. The van der Waals surface area contributed by atoms with Gasteiger partial charge in [-0.2, -0.15) is 0 Å². The first-order valence-electron chi connectivity index (χ1n) is 6.88. The molecular weight excluding hydrogens is 236 g/mol. The molecule has 2 aliphatic rings. The highest BCUT2D eigenvalue weighted by Crippen LogP contribution is 2.55. The normalized spacial score (nSPS) is 30.8. The van der Waals surface area contributed by atoms with Crippen LogP contribution in [0.15, 0.2) is 35.3 Å². The molecule has 0 amide bonds. The molecule has 2 heterocycles. The lowest BCUT2D eigenvalue weighted by molar-refractivity contribution is 0.269. The summed E-state index contributed by atoms with van der Waals surface area (Å²) in [5.74, 6) is 0.881. The van der Waals surface area contributed by atoms with Gasteiger partial charge in [0.05, 0.1) is 11.1 Å². The van der Waals surface area contributed by atoms with E-state index >= 15 is 0 Å². The number of nitrogens with zero attached hydrogens (tertiary/aromatic N) is 2. The Kier molecular flexibility index (Phi) is 2.32. The van der Waals surface area contributed by atoms with Gasteiger partial charge < -0.3 is 9.64 Å². The molecule has 1 fully saturated rings. The molecule has 3 nitrogen and oxygen atoms in total. The van der Waals surface area contributed by atoms with Gasteiger partial charge in [-0.15, -0.1) is 0 Å². The molecule has 3 heteroatoms. The second-order valence-electron chi connectivity index (χ2n) is 6.82. The number of ether oxygens (including phenoxy) is 1. The monoisotopic (exact) mass is 258 g/mol. The number of para-hydroxylation sites is 1. The first kappa shape index (κ1) is 12.5. The summed E-state index contributed by atoms with van der Waals surface area (Å²) >= 11 is 0. The Morgan fingerprint density at radius 2 is 1.68 bits per heavy atom. The van der Waals surface area contributed by atoms with Crippen LogP contribution in [0.3, 0.4) is 0 Å². The molecule has 3 rings (SSSR count). The highest BCUT2D eigenvalue weighted by atomic mass is 16.5. The molecule has 0 aromatic heterocycles. The van der Waals surface area contributed by atoms with Crippen LogP contribution >= 0.6 is 0 Å². The molecule has 0 aliphatic carbocycles. The average molecular weight is 258 g/mol. The SMILES string of the molecule is CC1(C)COC(C2(C)N(c3ccccc3)C2(C)C)=N1. The van der Waals surface area contributed by atoms with Crippen LogP contribution in [-0.4, -0.2) is 29.1 Å². The van der Waals surface area contributed by atoms with Crippen molar-refractivity contribution in [2.24, 2.45) is 4.99 Å². The van der Waals surface area contributed by atoms with Gasteiger partial charge in [-0.3, -0.25) is 0 Å². The van der Waals surface area contributed by atoms with Crippen LogP contribution < -0.4 is 4.90 Å². The summed E-state index contributed by atoms with van der Waals surface area (Å²) in [6, 6.07) is 10.5. The fourth-order valence-electron chi connectivity index (χ4n) is 3.10. The number of benzene rings is 1. The Balaban J connectivity index is 1.98. The van der Waals surface area contributed by atoms with Crippen molar-refractivity contribution in [3.63, 3.8) is 0 Å². The molecular formula is C16H22N2O. The smallest absolute Gasteiger partial charge is 0.212 e. The molecule has 0 bridgehead atoms. The van der Waals surface area contributed by atoms with E-state index < -0.39 is 0 Å². The molecule has 0 saturated carbocycles. The fraction of sp³-hybridized carbons (Fsp3) is 0.562. The summed E-state index contributed by atoms with van der Waals surface area (Å²) in [5, 5.41) is 0. The first-order valence-corrected chi connectivity index (χ1v) is 6.88. The van der Waals surface area contributed by atoms with Gasteiger partial charge in [-0.05, 0) is 46.8 Å². The van der Waals surface area contributed by atoms with Gasteiger partial charge >= 0.3 is 0 Å². The predicted molar refractivity (Wildman–Crippen MR) is 78.9 cm³/mol. The van der Waals surface area contributed by atoms with Crippen LogP contribution in [0.25, 0.3) is 0 Å². The van der Waals surface area contributed by atoms with E-state index in [1.165, 1.54) is 5.69 Å². The lowest BCUT2D eigenvalue weighted by Gasteiger charge is -2.12. The van der Waals surface area contributed by atoms with Crippen molar-refractivity contribution >= 4 is 11.6 Å². The zero-order valence-corrected chi connectivity index (χ0v) is 12.4. The Morgan fingerprint density at radius 3 is 2.21 bits per heavy atom. The summed E-state index contributed by atoms with van der Waals surface area (Å²) in [5.41, 5.74) is 1.03. The third-order valence-electron chi connectivity index (χ3n) is 4.54. The second kappa shape index (κ2) is 3.53. The van der Waals surface area contributed by atoms with Crippen molar-refractivity contribution in [3.8, 4) is 0 Å². The van der Waals surface area contributed by atoms with Crippen LogP contribution in [0.4, 0.5) is 5.69 Å². The van der Waals surface area contributed by atoms with Crippen LogP contribution in [0, 0.1) is 0 Å². The molecule has 1 aromatic rings. The van der Waals surface area contributed by atoms with Gasteiger partial charge in [0.2, 0.25) is 5.90 Å². The maximum absolute atomic E-state index is 5.89. The maximum atomic E-state index is 5.89. The minimum absolute atomic E-state index is 0.0353. The van der Waals surface area contributed by atoms with Gasteiger partial charge in [0.15, 0.2) is 0 Å². The summed E-state index contributed by atoms with van der Waals surface area (Å²) in [4.78, 5) is 7.17. The third kappa shape index (κ3) is 1.60. The summed E-state index contributed by atoms with van der Waals surface area (Å²) in [6.45, 7) is 11.6. The van der Waals surface area contributed by atoms with Crippen molar-refractivity contribution in [2.45, 2.75) is 51.2 Å². The van der Waals surface area contributed by atoms with Crippen molar-refractivity contribution in [1.29, 1.82) is 0 Å². The van der Waals surface area contributed by atoms with E-state index in [1.807, 2.05) is 6.07 Å². The van der Waals surface area contributed by atoms with Crippen LogP contribution in [0.2, 0.25) is 0 Å². The van der Waals surface area contributed by atoms with E-state index in [1.54, 1.807) is 0 Å². The van der Waals surface area contributed by atoms with Crippen LogP contribution in [-0.2, 0) is 4.74 Å². The first-order chi connectivity index (χ1) is 8.79. The molecule has 1 saturated heterocycles. The Labute approximate surface area is 115 Å². The lowest BCUT2D eigenvalue weighted by Crippen LogP contribution is -2.29. The van der Waals surface area contributed by atoms with E-state index in [0.29, 0.717) is 6.61 Å². The van der Waals surface area contributed by atoms with E-state index in [0.717, 1.165) is 5.90 Å². The molecule has 2 aliphatic heterocycles. The van der Waals surface area contributed by atoms with E-state index in [4.69, 9.17) is 9.73 Å². The van der Waals surface area contributed by atoms with Gasteiger partial charge in [0.1, 0.15) is 12.1 Å². The molecule has 0 radical (unpaired) electrons. The lowest BCUT2D eigenvalue weighted by atomic mass is 9.98. The minimum atomic E-state index is -0.137. The number of aliphatic imine (C=N–C) groups is 1. The Morgan fingerprint density at radius 1 is 1.05 bits per heavy atom. The van der Waals surface area contributed by atoms with E-state index in [-0.39, 0.29) is 16.6 Å². The molecule has 102 valence electrons. The third-order valence-corrected chi connectivity index (χ3v) is 4.54. The van der Waals surface area contributed by atoms with Crippen molar-refractivity contribution in [1.82, 2.24) is 0 Å². The fourth-order valence-corrected chi connectivity index (χ4v) is 3.10. The largest absolute Gasteiger partial charge is 0.477 e. The molecule has 0 spiro atoms. The minimum Gasteiger partial charge on any atom is -0.477 e. The second-order valence-corrected chi connectivity index (χ2v) is 6.82.